The van der Waals surface area contributed by atoms with Gasteiger partial charge in [0.2, 0.25) is 11.8 Å². The first kappa shape index (κ1) is 12.4. The van der Waals surface area contributed by atoms with Crippen molar-refractivity contribution >= 4 is 17.5 Å². The van der Waals surface area contributed by atoms with Crippen LogP contribution in [0.25, 0.3) is 0 Å². The minimum absolute atomic E-state index is 0.0554. The summed E-state index contributed by atoms with van der Waals surface area (Å²) in [5.41, 5.74) is 0.701. The first-order valence-corrected chi connectivity index (χ1v) is 5.91. The third kappa shape index (κ3) is 3.00. The Morgan fingerprint density at radius 3 is 2.67 bits per heavy atom. The number of carbonyl (C=O) groups excluding carboxylic acids is 2. The van der Waals surface area contributed by atoms with Gasteiger partial charge >= 0.3 is 0 Å². The van der Waals surface area contributed by atoms with Crippen LogP contribution in [0.5, 0.6) is 5.75 Å². The highest BCUT2D eigenvalue weighted by Gasteiger charge is 2.22. The largest absolute Gasteiger partial charge is 0.497 e. The average molecular weight is 248 g/mol. The highest BCUT2D eigenvalue weighted by Crippen LogP contribution is 2.15. The number of methoxy groups -OCH3 is 1. The van der Waals surface area contributed by atoms with Crippen LogP contribution in [0.15, 0.2) is 24.3 Å². The van der Waals surface area contributed by atoms with Gasteiger partial charge in [-0.1, -0.05) is 0 Å². The maximum Gasteiger partial charge on any atom is 0.243 e. The van der Waals surface area contributed by atoms with Crippen molar-refractivity contribution in [3.8, 4) is 5.75 Å². The van der Waals surface area contributed by atoms with Crippen molar-refractivity contribution in [3.05, 3.63) is 24.3 Å². The molecule has 0 radical (unpaired) electrons. The van der Waals surface area contributed by atoms with Gasteiger partial charge in [-0.3, -0.25) is 9.59 Å². The summed E-state index contributed by atoms with van der Waals surface area (Å²) < 4.78 is 5.03. The molecule has 1 fully saturated rings. The van der Waals surface area contributed by atoms with E-state index in [0.717, 1.165) is 12.2 Å². The Morgan fingerprint density at radius 1 is 1.39 bits per heavy atom. The first-order chi connectivity index (χ1) is 8.69. The maximum atomic E-state index is 11.7. The molecule has 0 unspecified atom stereocenters. The molecule has 0 bridgehead atoms. The van der Waals surface area contributed by atoms with Crippen molar-refractivity contribution in [2.75, 3.05) is 25.5 Å². The molecule has 1 saturated heterocycles. The van der Waals surface area contributed by atoms with E-state index in [2.05, 4.69) is 5.32 Å². The van der Waals surface area contributed by atoms with E-state index in [0.29, 0.717) is 18.7 Å². The highest BCUT2D eigenvalue weighted by atomic mass is 16.5. The second kappa shape index (κ2) is 5.53. The van der Waals surface area contributed by atoms with E-state index in [4.69, 9.17) is 4.74 Å². The predicted molar refractivity (Wildman–Crippen MR) is 67.4 cm³/mol. The normalized spacial score (nSPS) is 14.7. The van der Waals surface area contributed by atoms with E-state index in [9.17, 15) is 9.59 Å². The highest BCUT2D eigenvalue weighted by molar-refractivity contribution is 5.94. The van der Waals surface area contributed by atoms with Crippen molar-refractivity contribution in [1.29, 1.82) is 0 Å². The van der Waals surface area contributed by atoms with Gasteiger partial charge in [-0.25, -0.2) is 0 Å². The number of benzene rings is 1. The first-order valence-electron chi connectivity index (χ1n) is 5.91. The predicted octanol–water partition coefficient (Wildman–Crippen LogP) is 1.26. The van der Waals surface area contributed by atoms with Crippen LogP contribution in [-0.2, 0) is 9.59 Å². The third-order valence-corrected chi connectivity index (χ3v) is 2.88. The van der Waals surface area contributed by atoms with Gasteiger partial charge in [0.05, 0.1) is 13.7 Å². The molecule has 0 saturated carbocycles. The van der Waals surface area contributed by atoms with E-state index >= 15 is 0 Å². The van der Waals surface area contributed by atoms with Crippen LogP contribution in [0.3, 0.4) is 0 Å². The number of nitrogens with zero attached hydrogens (tertiary/aromatic N) is 1. The molecule has 1 aliphatic heterocycles. The lowest BCUT2D eigenvalue weighted by Crippen LogP contribution is -2.33. The second-order valence-electron chi connectivity index (χ2n) is 4.20. The number of amides is 2. The van der Waals surface area contributed by atoms with Crippen molar-refractivity contribution in [2.45, 2.75) is 12.8 Å². The SMILES string of the molecule is COc1ccc(NC(=O)CN2CCCC2=O)cc1. The fourth-order valence-corrected chi connectivity index (χ4v) is 1.92. The molecule has 18 heavy (non-hydrogen) atoms. The lowest BCUT2D eigenvalue weighted by atomic mass is 10.3. The van der Waals surface area contributed by atoms with E-state index in [1.54, 1.807) is 36.3 Å². The summed E-state index contributed by atoms with van der Waals surface area (Å²) in [5, 5.41) is 2.75. The van der Waals surface area contributed by atoms with Crippen LogP contribution in [0.2, 0.25) is 0 Å². The van der Waals surface area contributed by atoms with Crippen molar-refractivity contribution in [1.82, 2.24) is 4.90 Å². The molecular formula is C13H16N2O3. The van der Waals surface area contributed by atoms with Crippen LogP contribution < -0.4 is 10.1 Å². The van der Waals surface area contributed by atoms with Crippen molar-refractivity contribution in [2.24, 2.45) is 0 Å². The molecule has 5 nitrogen and oxygen atoms in total. The molecule has 2 amide bonds. The number of nitrogens with one attached hydrogen (secondary N) is 1. The number of anilines is 1. The monoisotopic (exact) mass is 248 g/mol. The number of hydrogen-bond donors (Lipinski definition) is 1. The molecule has 1 N–H and O–H groups in total. The third-order valence-electron chi connectivity index (χ3n) is 2.88. The molecule has 1 aliphatic rings. The molecule has 1 aromatic rings. The molecular weight excluding hydrogens is 232 g/mol. The Bertz CT molecular complexity index is 442. The standard InChI is InChI=1S/C13H16N2O3/c1-18-11-6-4-10(5-7-11)14-12(16)9-15-8-2-3-13(15)17/h4-7H,2-3,8-9H2,1H3,(H,14,16). The summed E-state index contributed by atoms with van der Waals surface area (Å²) in [5.74, 6) is 0.623. The number of rotatable bonds is 4. The molecule has 0 aromatic heterocycles. The fraction of sp³-hybridized carbons (Fsp3) is 0.385. The Labute approximate surface area is 106 Å². The van der Waals surface area contributed by atoms with Crippen molar-refractivity contribution < 1.29 is 14.3 Å². The van der Waals surface area contributed by atoms with Gasteiger partial charge in [0.1, 0.15) is 5.75 Å². The van der Waals surface area contributed by atoms with E-state index < -0.39 is 0 Å². The molecule has 96 valence electrons. The summed E-state index contributed by atoms with van der Waals surface area (Å²) in [4.78, 5) is 24.7. The molecule has 5 heteroatoms. The zero-order valence-corrected chi connectivity index (χ0v) is 10.3. The summed E-state index contributed by atoms with van der Waals surface area (Å²) in [6.07, 6.45) is 1.39. The average Bonchev–Trinajstić information content (AvgIpc) is 2.76. The quantitative estimate of drug-likeness (QED) is 0.872. The summed E-state index contributed by atoms with van der Waals surface area (Å²) in [7, 11) is 1.59. The van der Waals surface area contributed by atoms with Gasteiger partial charge in [0, 0.05) is 18.7 Å². The lowest BCUT2D eigenvalue weighted by Gasteiger charge is -2.15. The van der Waals surface area contributed by atoms with Crippen LogP contribution in [0, 0.1) is 0 Å². The molecule has 0 atom stereocenters. The van der Waals surface area contributed by atoms with Gasteiger partial charge in [-0.05, 0) is 30.7 Å². The smallest absolute Gasteiger partial charge is 0.243 e. The Balaban J connectivity index is 1.88. The van der Waals surface area contributed by atoms with Gasteiger partial charge in [0.25, 0.3) is 0 Å². The van der Waals surface area contributed by atoms with E-state index in [-0.39, 0.29) is 18.4 Å². The molecule has 1 heterocycles. The van der Waals surface area contributed by atoms with E-state index in [1.165, 1.54) is 0 Å². The van der Waals surface area contributed by atoms with Gasteiger partial charge in [-0.15, -0.1) is 0 Å². The minimum atomic E-state index is -0.171. The van der Waals surface area contributed by atoms with Crippen LogP contribution >= 0.6 is 0 Å². The van der Waals surface area contributed by atoms with E-state index in [1.807, 2.05) is 0 Å². The fourth-order valence-electron chi connectivity index (χ4n) is 1.92. The van der Waals surface area contributed by atoms with Crippen LogP contribution in [-0.4, -0.2) is 36.9 Å². The van der Waals surface area contributed by atoms with Gasteiger partial charge in [-0.2, -0.15) is 0 Å². The summed E-state index contributed by atoms with van der Waals surface area (Å²) in [6, 6.07) is 7.08. The van der Waals surface area contributed by atoms with Gasteiger partial charge in [0.15, 0.2) is 0 Å². The van der Waals surface area contributed by atoms with Gasteiger partial charge < -0.3 is 15.0 Å². The lowest BCUT2D eigenvalue weighted by molar-refractivity contribution is -0.131. The summed E-state index contributed by atoms with van der Waals surface area (Å²) >= 11 is 0. The number of carbonyl (C=O) groups is 2. The second-order valence-corrected chi connectivity index (χ2v) is 4.20. The molecule has 0 spiro atoms. The summed E-state index contributed by atoms with van der Waals surface area (Å²) in [6.45, 7) is 0.805. The Kier molecular flexibility index (Phi) is 3.82. The topological polar surface area (TPSA) is 58.6 Å². The maximum absolute atomic E-state index is 11.7. The Hall–Kier alpha value is -2.04. The number of hydrogen-bond acceptors (Lipinski definition) is 3. The molecule has 2 rings (SSSR count). The van der Waals surface area contributed by atoms with Crippen LogP contribution in [0.1, 0.15) is 12.8 Å². The number of likely N-dealkylation sites (tertiary alicyclic amines) is 1. The minimum Gasteiger partial charge on any atom is -0.497 e. The molecule has 1 aromatic carbocycles. The number of ether oxygens (including phenoxy) is 1. The zero-order valence-electron chi connectivity index (χ0n) is 10.3. The zero-order chi connectivity index (χ0) is 13.0. The van der Waals surface area contributed by atoms with Crippen molar-refractivity contribution in [3.63, 3.8) is 0 Å². The molecule has 0 aliphatic carbocycles. The Morgan fingerprint density at radius 2 is 2.11 bits per heavy atom. The van der Waals surface area contributed by atoms with Crippen LogP contribution in [0.4, 0.5) is 5.69 Å².